The average molecular weight is 1410 g/mol. The van der Waals surface area contributed by atoms with E-state index in [0.29, 0.717) is 93.2 Å². The molecule has 10 aromatic rings. The molecule has 0 bridgehead atoms. The number of nitrogens with zero attached hydrogens (tertiary/aromatic N) is 11. The Labute approximate surface area is 556 Å². The molecule has 10 rings (SSSR count). The zero-order valence-corrected chi connectivity index (χ0v) is 51.2. The number of carbonyl (C=O) groups is 3. The van der Waals surface area contributed by atoms with Crippen molar-refractivity contribution in [3.63, 3.8) is 0 Å². The molecule has 9 aromatic heterocycles. The number of benzene rings is 1. The van der Waals surface area contributed by atoms with Gasteiger partial charge in [-0.1, -0.05) is 46.9 Å². The van der Waals surface area contributed by atoms with Crippen LogP contribution >= 0.6 is 46.6 Å². The third-order valence-corrected chi connectivity index (χ3v) is 14.2. The summed E-state index contributed by atoms with van der Waals surface area (Å²) in [6, 6.07) is 14.0. The molecule has 0 spiro atoms. The second-order valence-electron chi connectivity index (χ2n) is 19.8. The fraction of sp³-hybridized carbons (Fsp3) is 0.263. The highest BCUT2D eigenvalue weighted by molar-refractivity contribution is 7.98. The lowest BCUT2D eigenvalue weighted by Gasteiger charge is -2.20. The summed E-state index contributed by atoms with van der Waals surface area (Å²) >= 11 is 19.4. The number of aromatic nitrogens is 12. The van der Waals surface area contributed by atoms with Crippen molar-refractivity contribution >= 4 is 126 Å². The topological polar surface area (TPSA) is 334 Å². The number of carbonyl (C=O) groups excluding carboxylic acids is 3. The monoisotopic (exact) mass is 1400 g/mol. The summed E-state index contributed by atoms with van der Waals surface area (Å²) in [7, 11) is 0. The number of amides is 3. The van der Waals surface area contributed by atoms with E-state index >= 15 is 0 Å². The highest BCUT2D eigenvalue weighted by Gasteiger charge is 2.33. The number of pyridine rings is 3. The van der Waals surface area contributed by atoms with Crippen LogP contribution in [0.2, 0.25) is 15.1 Å². The lowest BCUT2D eigenvalue weighted by Crippen LogP contribution is -2.45. The molecular weight excluding hydrogens is 1340 g/mol. The molecule has 0 aliphatic heterocycles. The Hall–Kier alpha value is -9.90. The summed E-state index contributed by atoms with van der Waals surface area (Å²) < 4.78 is 126. The van der Waals surface area contributed by atoms with Gasteiger partial charge in [0.1, 0.15) is 66.3 Å². The Morgan fingerprint density at radius 1 is 0.553 bits per heavy atom. The summed E-state index contributed by atoms with van der Waals surface area (Å²) in [6.45, 7) is -4.43. The van der Waals surface area contributed by atoms with Gasteiger partial charge in [-0.3, -0.25) is 14.4 Å². The summed E-state index contributed by atoms with van der Waals surface area (Å²) in [5, 5.41) is 35.1. The molecule has 0 radical (unpaired) electrons. The van der Waals surface area contributed by atoms with Gasteiger partial charge in [0.2, 0.25) is 17.7 Å². The number of nitriles is 2. The predicted molar refractivity (Wildman–Crippen MR) is 350 cm³/mol. The van der Waals surface area contributed by atoms with Crippen LogP contribution in [0.5, 0.6) is 0 Å². The second kappa shape index (κ2) is 31.1. The molecular formula is C57H65Cl3F10N20O3S. The van der Waals surface area contributed by atoms with E-state index in [9.17, 15) is 58.3 Å². The van der Waals surface area contributed by atoms with Crippen LogP contribution in [-0.4, -0.2) is 146 Å². The number of nitrogens with one attached hydrogen (secondary N) is 9. The molecule has 0 saturated heterocycles. The summed E-state index contributed by atoms with van der Waals surface area (Å²) in [4.78, 5) is 84.0. The van der Waals surface area contributed by atoms with E-state index in [0.717, 1.165) is 6.20 Å². The number of anilines is 3. The van der Waals surface area contributed by atoms with Crippen molar-refractivity contribution in [2.24, 2.45) is 0 Å². The second-order valence-corrected chi connectivity index (χ2v) is 22.0. The Morgan fingerprint density at radius 3 is 1.47 bits per heavy atom. The lowest BCUT2D eigenvalue weighted by molar-refractivity contribution is -0.138. The van der Waals surface area contributed by atoms with Crippen molar-refractivity contribution in [3.05, 3.63) is 119 Å². The maximum absolute atomic E-state index is 14.3. The first-order valence-electron chi connectivity index (χ1n) is 27.3. The van der Waals surface area contributed by atoms with Gasteiger partial charge in [-0.2, -0.15) is 61.8 Å². The van der Waals surface area contributed by atoms with E-state index in [4.69, 9.17) is 45.3 Å². The number of thioether (sulfide) groups is 1. The number of para-hydroxylation sites is 1. The molecule has 94 heavy (non-hydrogen) atoms. The molecule has 0 aliphatic rings. The van der Waals surface area contributed by atoms with Gasteiger partial charge in [0, 0.05) is 113 Å². The van der Waals surface area contributed by atoms with Gasteiger partial charge in [0.05, 0.1) is 38.9 Å². The zero-order valence-electron chi connectivity index (χ0n) is 48.1. The highest BCUT2D eigenvalue weighted by atomic mass is 35.5. The molecule has 508 valence electrons. The first-order valence-corrected chi connectivity index (χ1v) is 29.8. The van der Waals surface area contributed by atoms with Gasteiger partial charge >= 0.3 is 18.5 Å². The fourth-order valence-corrected chi connectivity index (χ4v) is 9.75. The normalized spacial score (nSPS) is 12.5. The van der Waals surface area contributed by atoms with E-state index in [1.807, 2.05) is 22.8 Å². The van der Waals surface area contributed by atoms with Crippen LogP contribution in [0.3, 0.4) is 0 Å². The summed E-state index contributed by atoms with van der Waals surface area (Å²) in [5.41, 5.74) is 3.98. The number of aromatic amines is 3. The van der Waals surface area contributed by atoms with Crippen molar-refractivity contribution in [1.82, 2.24) is 75.8 Å². The van der Waals surface area contributed by atoms with Gasteiger partial charge in [-0.25, -0.2) is 49.2 Å². The maximum atomic E-state index is 14.3. The molecule has 0 saturated carbocycles. The van der Waals surface area contributed by atoms with Crippen molar-refractivity contribution in [2.75, 3.05) is 47.6 Å². The number of rotatable bonds is 21. The number of halogens is 13. The van der Waals surface area contributed by atoms with Crippen LogP contribution < -0.4 is 31.9 Å². The minimum Gasteiger partial charge on any atom is -0.358 e. The molecule has 9 N–H and O–H groups in total. The molecule has 1 aromatic carbocycles. The molecule has 3 amide bonds. The smallest absolute Gasteiger partial charge is 0.358 e. The lowest BCUT2D eigenvalue weighted by atomic mass is 10.1. The largest absolute Gasteiger partial charge is 0.405 e. The Kier molecular flexibility index (Phi) is 23.2. The Balaban J connectivity index is 0. The fourth-order valence-electron chi connectivity index (χ4n) is 8.71. The molecule has 9 heterocycles. The van der Waals surface area contributed by atoms with Crippen LogP contribution in [0, 0.1) is 28.5 Å². The van der Waals surface area contributed by atoms with Crippen molar-refractivity contribution < 1.29 is 71.1 Å². The minimum absolute atomic E-state index is 0. The van der Waals surface area contributed by atoms with Crippen LogP contribution in [0.25, 0.3) is 78.2 Å². The molecule has 0 fully saturated rings. The van der Waals surface area contributed by atoms with Gasteiger partial charge in [-0.05, 0) is 55.5 Å². The molecule has 0 unspecified atom stereocenters. The van der Waals surface area contributed by atoms with E-state index in [-0.39, 0.29) is 55.9 Å². The molecule has 3 atom stereocenters. The van der Waals surface area contributed by atoms with Crippen molar-refractivity contribution in [2.45, 2.75) is 62.3 Å². The van der Waals surface area contributed by atoms with E-state index in [1.165, 1.54) is 48.8 Å². The average Bonchev–Trinajstić information content (AvgIpc) is 1.75. The molecule has 0 aliphatic carbocycles. The number of fused-ring (bicyclic) bond motifs is 4. The van der Waals surface area contributed by atoms with Gasteiger partial charge in [0.15, 0.2) is 29.1 Å². The molecule has 37 heteroatoms. The third-order valence-electron chi connectivity index (χ3n) is 12.9. The third kappa shape index (κ3) is 19.3. The van der Waals surface area contributed by atoms with Crippen LogP contribution in [-0.2, 0) is 14.4 Å². The SMILES string of the molecule is CSC[C@H](Nc1nc(-c2c[nH]c3ncc(Cl)cc23)nc2ccccc12)C(=O)NCC(F)(F)F.N#CCC[C@H](Nc1ccnc(-c2c[nH]c3ncc(Cl)cc23)n1)C(=O)NCC(F)(F)F.N#CCC[C@H](Nc1nc(-c2c[nH]c3ncc(Cl)cc23)ncc1F)C(=O)NCC(F)(F)F.[HH].[HH].[HH].[HH].[HH].[HH].[HH].[HH].[HH]. The number of hydrogen-bond donors (Lipinski definition) is 9. The Morgan fingerprint density at radius 2 is 0.989 bits per heavy atom. The number of H-pyrrole nitrogens is 3. The number of alkyl halides is 9. The zero-order chi connectivity index (χ0) is 67.9. The van der Waals surface area contributed by atoms with Crippen LogP contribution in [0.15, 0.2) is 98.1 Å². The van der Waals surface area contributed by atoms with Crippen LogP contribution in [0.4, 0.5) is 61.4 Å². The minimum atomic E-state index is -4.62. The quantitative estimate of drug-likeness (QED) is 0.0302. The maximum Gasteiger partial charge on any atom is 0.405 e. The van der Waals surface area contributed by atoms with E-state index in [1.54, 1.807) is 66.4 Å². The van der Waals surface area contributed by atoms with Crippen molar-refractivity contribution in [1.29, 1.82) is 10.5 Å². The van der Waals surface area contributed by atoms with Crippen LogP contribution in [0.1, 0.15) is 38.5 Å². The van der Waals surface area contributed by atoms with Gasteiger partial charge in [-0.15, -0.1) is 0 Å². The highest BCUT2D eigenvalue weighted by Crippen LogP contribution is 2.33. The van der Waals surface area contributed by atoms with E-state index < -0.39 is 85.6 Å². The summed E-state index contributed by atoms with van der Waals surface area (Å²) in [6.07, 6.45) is -0.598. The first-order chi connectivity index (χ1) is 44.7. The Bertz CT molecular complexity index is 4470. The predicted octanol–water partition coefficient (Wildman–Crippen LogP) is 13.9. The van der Waals surface area contributed by atoms with Crippen molar-refractivity contribution in [3.8, 4) is 46.3 Å². The van der Waals surface area contributed by atoms with Gasteiger partial charge in [0.25, 0.3) is 0 Å². The number of hydrogen-bond acceptors (Lipinski definition) is 18. The summed E-state index contributed by atoms with van der Waals surface area (Å²) in [5.74, 6) is -2.52. The first kappa shape index (κ1) is 70.0. The van der Waals surface area contributed by atoms with Gasteiger partial charge < -0.3 is 46.9 Å². The van der Waals surface area contributed by atoms with E-state index in [2.05, 4.69) is 75.8 Å². The molecule has 23 nitrogen and oxygen atoms in total. The standard InChI is InChI=1S/C21H18ClF3N6OS.C18H14ClF4N7O.C18H15ClF3N7O.9H2/c1-33-9-16(20(32)28-10-21(23,24)25)30-18-12-4-2-3-5-15(12)29-19(31-18)14-8-27-17-13(14)6-11(22)7-26-17;19-9-4-10-11(6-26-14(10)25-5-9)15-27-7-12(20)16(30-15)29-13(2-1-3-24)17(31)28-8-18(21,22)23;19-10-6-11-12(8-26-15(11)25-7-10)16-24-5-3-14(29-16)28-13(2-1-4-23)17(30)27-9-18(20,21)22;;;;;;;;;/h2-8,16H,9-10H2,1H3,(H,26,27)(H,28,32)(H,29,30,31);4-7,13H,1-2,8H2,(H,25,26)(H,28,31)(H,27,29,30);3,5-8,13H,1-2,9H2,(H,25,26)(H,27,30)(H,24,28,29);9*1H/t16-;2*13-;;;;;;;;;/m000........./s1.